The van der Waals surface area contributed by atoms with Crippen molar-refractivity contribution in [2.75, 3.05) is 13.2 Å². The summed E-state index contributed by atoms with van der Waals surface area (Å²) >= 11 is 0. The van der Waals surface area contributed by atoms with Crippen molar-refractivity contribution in [3.05, 3.63) is 12.2 Å². The maximum Gasteiger partial charge on any atom is 0.330 e. The highest BCUT2D eigenvalue weighted by Crippen LogP contribution is 2.25. The van der Waals surface area contributed by atoms with Gasteiger partial charge in [-0.2, -0.15) is 0 Å². The largest absolute Gasteiger partial charge is 0.463 e. The van der Waals surface area contributed by atoms with Crippen molar-refractivity contribution in [3.63, 3.8) is 0 Å². The van der Waals surface area contributed by atoms with Crippen LogP contribution in [0.1, 0.15) is 13.3 Å². The summed E-state index contributed by atoms with van der Waals surface area (Å²) < 4.78 is 29.9. The number of carbonyl (C=O) groups excluding carboxylic acids is 1. The molecule has 1 N–H and O–H groups in total. The van der Waals surface area contributed by atoms with Crippen molar-refractivity contribution in [2.45, 2.75) is 25.3 Å². The zero-order valence-electron chi connectivity index (χ0n) is 7.93. The molecule has 1 saturated heterocycles. The minimum Gasteiger partial charge on any atom is -0.463 e. The number of ether oxygens (including phenoxy) is 1. The number of carbonyl (C=O) groups is 1. The van der Waals surface area contributed by atoms with Crippen LogP contribution in [0, 0.1) is 0 Å². The van der Waals surface area contributed by atoms with Crippen LogP contribution in [-0.2, 0) is 9.53 Å². The Kier molecular flexibility index (Phi) is 3.57. The van der Waals surface area contributed by atoms with E-state index in [0.29, 0.717) is 0 Å². The van der Waals surface area contributed by atoms with Crippen molar-refractivity contribution < 1.29 is 18.3 Å². The molecule has 0 bridgehead atoms. The van der Waals surface area contributed by atoms with E-state index < -0.39 is 17.9 Å². The van der Waals surface area contributed by atoms with Crippen LogP contribution < -0.4 is 5.32 Å². The second-order valence-corrected chi connectivity index (χ2v) is 3.16. The lowest BCUT2D eigenvalue weighted by Gasteiger charge is -2.04. The maximum absolute atomic E-state index is 12.7. The van der Waals surface area contributed by atoms with E-state index in [4.69, 9.17) is 0 Å². The molecule has 1 atom stereocenters. The van der Waals surface area contributed by atoms with Gasteiger partial charge in [-0.05, 0) is 6.92 Å². The Morgan fingerprint density at radius 3 is 2.93 bits per heavy atom. The Morgan fingerprint density at radius 1 is 1.71 bits per heavy atom. The van der Waals surface area contributed by atoms with Crippen LogP contribution >= 0.6 is 0 Å². The SMILES string of the molecule is CCOC(=O)C=CC1CC(F)(F)CN1. The molecule has 5 heteroatoms. The number of hydrogen-bond acceptors (Lipinski definition) is 3. The van der Waals surface area contributed by atoms with Crippen LogP contribution in [0.4, 0.5) is 8.78 Å². The summed E-state index contributed by atoms with van der Waals surface area (Å²) in [6.45, 7) is 1.65. The first-order chi connectivity index (χ1) is 6.53. The molecule has 0 aromatic rings. The fourth-order valence-electron chi connectivity index (χ4n) is 1.27. The lowest BCUT2D eigenvalue weighted by molar-refractivity contribution is -0.137. The van der Waals surface area contributed by atoms with Gasteiger partial charge in [0.2, 0.25) is 0 Å². The first-order valence-corrected chi connectivity index (χ1v) is 4.49. The van der Waals surface area contributed by atoms with Gasteiger partial charge in [0.15, 0.2) is 0 Å². The fourth-order valence-corrected chi connectivity index (χ4v) is 1.27. The molecule has 0 saturated carbocycles. The van der Waals surface area contributed by atoms with Gasteiger partial charge in [-0.3, -0.25) is 0 Å². The van der Waals surface area contributed by atoms with Gasteiger partial charge >= 0.3 is 5.97 Å². The fraction of sp³-hybridized carbons (Fsp3) is 0.667. The molecule has 80 valence electrons. The summed E-state index contributed by atoms with van der Waals surface area (Å²) in [6, 6.07) is -0.436. The highest BCUT2D eigenvalue weighted by Gasteiger charge is 2.37. The number of rotatable bonds is 3. The summed E-state index contributed by atoms with van der Waals surface area (Å²) in [5.74, 6) is -3.16. The number of esters is 1. The van der Waals surface area contributed by atoms with E-state index in [1.807, 2.05) is 0 Å². The Balaban J connectivity index is 2.35. The molecule has 0 spiro atoms. The van der Waals surface area contributed by atoms with Gasteiger partial charge in [0.05, 0.1) is 13.2 Å². The number of nitrogens with one attached hydrogen (secondary N) is 1. The van der Waals surface area contributed by atoms with Gasteiger partial charge in [0, 0.05) is 18.5 Å². The van der Waals surface area contributed by atoms with Gasteiger partial charge in [-0.1, -0.05) is 6.08 Å². The van der Waals surface area contributed by atoms with Crippen LogP contribution in [0.5, 0.6) is 0 Å². The van der Waals surface area contributed by atoms with E-state index in [2.05, 4.69) is 10.1 Å². The molecule has 0 aromatic heterocycles. The Bertz CT molecular complexity index is 241. The lowest BCUT2D eigenvalue weighted by atomic mass is 10.2. The average Bonchev–Trinajstić information content (AvgIpc) is 2.43. The van der Waals surface area contributed by atoms with Crippen molar-refractivity contribution in [2.24, 2.45) is 0 Å². The average molecular weight is 205 g/mol. The van der Waals surface area contributed by atoms with E-state index >= 15 is 0 Å². The first-order valence-electron chi connectivity index (χ1n) is 4.49. The summed E-state index contributed by atoms with van der Waals surface area (Å²) in [4.78, 5) is 10.8. The Hall–Kier alpha value is -0.970. The third kappa shape index (κ3) is 3.41. The molecule has 3 nitrogen and oxygen atoms in total. The summed E-state index contributed by atoms with van der Waals surface area (Å²) in [5, 5.41) is 2.60. The third-order valence-corrected chi connectivity index (χ3v) is 1.89. The predicted octanol–water partition coefficient (Wildman–Crippen LogP) is 1.10. The third-order valence-electron chi connectivity index (χ3n) is 1.89. The monoisotopic (exact) mass is 205 g/mol. The first kappa shape index (κ1) is 11.1. The van der Waals surface area contributed by atoms with Crippen molar-refractivity contribution in [1.29, 1.82) is 0 Å². The van der Waals surface area contributed by atoms with Gasteiger partial charge < -0.3 is 10.1 Å². The molecule has 1 heterocycles. The number of halogens is 2. The normalized spacial score (nSPS) is 25.5. The molecule has 1 unspecified atom stereocenters. The quantitative estimate of drug-likeness (QED) is 0.554. The van der Waals surface area contributed by atoms with Crippen molar-refractivity contribution in [1.82, 2.24) is 5.32 Å². The predicted molar refractivity (Wildman–Crippen MR) is 47.1 cm³/mol. The van der Waals surface area contributed by atoms with E-state index in [1.165, 1.54) is 12.2 Å². The molecule has 0 radical (unpaired) electrons. The topological polar surface area (TPSA) is 38.3 Å². The maximum atomic E-state index is 12.7. The van der Waals surface area contributed by atoms with Gasteiger partial charge in [0.1, 0.15) is 0 Å². The van der Waals surface area contributed by atoms with Gasteiger partial charge in [-0.25, -0.2) is 13.6 Å². The molecule has 1 rings (SSSR count). The molecular formula is C9H13F2NO2. The number of hydrogen-bond donors (Lipinski definition) is 1. The molecule has 0 aliphatic carbocycles. The van der Waals surface area contributed by atoms with Crippen molar-refractivity contribution in [3.8, 4) is 0 Å². The van der Waals surface area contributed by atoms with Crippen molar-refractivity contribution >= 4 is 5.97 Å². The standard InChI is InChI=1S/C9H13F2NO2/c1-2-14-8(13)4-3-7-5-9(10,11)6-12-7/h3-4,7,12H,2,5-6H2,1H3. The van der Waals surface area contributed by atoms with Gasteiger partial charge in [-0.15, -0.1) is 0 Å². The second kappa shape index (κ2) is 4.50. The highest BCUT2D eigenvalue weighted by atomic mass is 19.3. The number of alkyl halides is 2. The minimum atomic E-state index is -2.66. The zero-order valence-corrected chi connectivity index (χ0v) is 7.93. The van der Waals surface area contributed by atoms with Crippen LogP contribution in [0.15, 0.2) is 12.2 Å². The lowest BCUT2D eigenvalue weighted by Crippen LogP contribution is -2.21. The molecule has 1 aliphatic heterocycles. The van der Waals surface area contributed by atoms with Crippen LogP contribution in [0.3, 0.4) is 0 Å². The molecule has 1 aliphatic rings. The Morgan fingerprint density at radius 2 is 2.43 bits per heavy atom. The Labute approximate surface area is 81.1 Å². The van der Waals surface area contributed by atoms with E-state index in [1.54, 1.807) is 6.92 Å². The molecule has 1 fully saturated rings. The summed E-state index contributed by atoms with van der Waals surface area (Å²) in [5.41, 5.74) is 0. The van der Waals surface area contributed by atoms with Gasteiger partial charge in [0.25, 0.3) is 5.92 Å². The second-order valence-electron chi connectivity index (χ2n) is 3.16. The molecular weight excluding hydrogens is 192 g/mol. The molecule has 14 heavy (non-hydrogen) atoms. The van der Waals surface area contributed by atoms with E-state index in [0.717, 1.165) is 0 Å². The summed E-state index contributed by atoms with van der Waals surface area (Å²) in [7, 11) is 0. The van der Waals surface area contributed by atoms with Crippen LogP contribution in [-0.4, -0.2) is 31.1 Å². The van der Waals surface area contributed by atoms with E-state index in [-0.39, 0.29) is 19.6 Å². The molecule has 0 amide bonds. The van der Waals surface area contributed by atoms with E-state index in [9.17, 15) is 13.6 Å². The highest BCUT2D eigenvalue weighted by molar-refractivity contribution is 5.81. The van der Waals surface area contributed by atoms with Crippen LogP contribution in [0.25, 0.3) is 0 Å². The smallest absolute Gasteiger partial charge is 0.330 e. The minimum absolute atomic E-state index is 0.261. The zero-order chi connectivity index (χ0) is 10.6. The van der Waals surface area contributed by atoms with Crippen LogP contribution in [0.2, 0.25) is 0 Å². The molecule has 0 aromatic carbocycles. The summed E-state index contributed by atoms with van der Waals surface area (Å²) in [6.07, 6.45) is 2.34.